The third-order valence-corrected chi connectivity index (χ3v) is 3.00. The average molecular weight is 307 g/mol. The molecule has 0 bridgehead atoms. The Kier molecular flexibility index (Phi) is 2.52. The Labute approximate surface area is 110 Å². The van der Waals surface area contributed by atoms with E-state index in [9.17, 15) is 4.39 Å². The predicted octanol–water partition coefficient (Wildman–Crippen LogP) is 2.88. The van der Waals surface area contributed by atoms with Crippen LogP contribution in [-0.2, 0) is 0 Å². The summed E-state index contributed by atoms with van der Waals surface area (Å²) >= 11 is 3.25. The summed E-state index contributed by atoms with van der Waals surface area (Å²) in [4.78, 5) is 0. The highest BCUT2D eigenvalue weighted by Crippen LogP contribution is 2.24. The minimum Gasteiger partial charge on any atom is -0.398 e. The second-order valence-electron chi connectivity index (χ2n) is 3.87. The maximum absolute atomic E-state index is 13.4. The fraction of sp³-hybridized carbons (Fsp3) is 0. The molecule has 0 atom stereocenters. The van der Waals surface area contributed by atoms with Gasteiger partial charge in [-0.25, -0.2) is 4.39 Å². The summed E-state index contributed by atoms with van der Waals surface area (Å²) in [5.41, 5.74) is 7.63. The van der Waals surface area contributed by atoms with Crippen LogP contribution in [0.3, 0.4) is 0 Å². The molecule has 2 heterocycles. The lowest BCUT2D eigenvalue weighted by molar-refractivity contribution is 0.627. The number of fused-ring (bicyclic) bond motifs is 1. The molecule has 3 rings (SSSR count). The van der Waals surface area contributed by atoms with Gasteiger partial charge in [-0.3, -0.25) is 4.40 Å². The van der Waals surface area contributed by atoms with Gasteiger partial charge in [-0.2, -0.15) is 0 Å². The number of anilines is 1. The molecule has 1 aromatic carbocycles. The van der Waals surface area contributed by atoms with Crippen molar-refractivity contribution in [2.45, 2.75) is 0 Å². The van der Waals surface area contributed by atoms with Crippen molar-refractivity contribution in [1.29, 1.82) is 0 Å². The summed E-state index contributed by atoms with van der Waals surface area (Å²) in [6.45, 7) is 0. The smallest absolute Gasteiger partial charge is 0.168 e. The van der Waals surface area contributed by atoms with E-state index >= 15 is 0 Å². The Morgan fingerprint density at radius 3 is 2.78 bits per heavy atom. The third-order valence-electron chi connectivity index (χ3n) is 2.55. The number of hydrogen-bond donors (Lipinski definition) is 1. The van der Waals surface area contributed by atoms with Crippen molar-refractivity contribution in [2.75, 3.05) is 5.73 Å². The topological polar surface area (TPSA) is 56.2 Å². The van der Waals surface area contributed by atoms with Crippen LogP contribution in [-0.4, -0.2) is 14.6 Å². The molecule has 6 heteroatoms. The zero-order valence-corrected chi connectivity index (χ0v) is 10.7. The predicted molar refractivity (Wildman–Crippen MR) is 70.5 cm³/mol. The molecule has 4 nitrogen and oxygen atoms in total. The summed E-state index contributed by atoms with van der Waals surface area (Å²) < 4.78 is 15.8. The molecule has 90 valence electrons. The second kappa shape index (κ2) is 4.06. The number of hydrogen-bond acceptors (Lipinski definition) is 3. The number of nitrogens with zero attached hydrogens (tertiary/aromatic N) is 3. The van der Waals surface area contributed by atoms with Gasteiger partial charge in [-0.1, -0.05) is 15.9 Å². The van der Waals surface area contributed by atoms with Gasteiger partial charge in [-0.05, 0) is 30.3 Å². The van der Waals surface area contributed by atoms with Gasteiger partial charge in [0, 0.05) is 21.9 Å². The molecule has 0 unspecified atom stereocenters. The van der Waals surface area contributed by atoms with Crippen LogP contribution in [0.25, 0.3) is 17.0 Å². The second-order valence-corrected chi connectivity index (χ2v) is 4.79. The van der Waals surface area contributed by atoms with Gasteiger partial charge in [0.05, 0.1) is 0 Å². The van der Waals surface area contributed by atoms with Crippen molar-refractivity contribution in [3.63, 3.8) is 0 Å². The van der Waals surface area contributed by atoms with E-state index < -0.39 is 0 Å². The number of benzene rings is 1. The van der Waals surface area contributed by atoms with E-state index in [-0.39, 0.29) is 5.82 Å². The van der Waals surface area contributed by atoms with Crippen LogP contribution in [0, 0.1) is 5.82 Å². The molecule has 0 aliphatic rings. The third kappa shape index (κ3) is 1.84. The van der Waals surface area contributed by atoms with Gasteiger partial charge in [0.25, 0.3) is 0 Å². The van der Waals surface area contributed by atoms with E-state index in [0.717, 1.165) is 0 Å². The fourth-order valence-corrected chi connectivity index (χ4v) is 2.25. The summed E-state index contributed by atoms with van der Waals surface area (Å²) in [6, 6.07) is 8.09. The minimum absolute atomic E-state index is 0.333. The van der Waals surface area contributed by atoms with E-state index in [0.29, 0.717) is 27.2 Å². The highest BCUT2D eigenvalue weighted by atomic mass is 79.9. The number of nitrogen functional groups attached to an aromatic ring is 1. The van der Waals surface area contributed by atoms with E-state index in [2.05, 4.69) is 26.1 Å². The normalized spacial score (nSPS) is 11.0. The lowest BCUT2D eigenvalue weighted by Gasteiger charge is -2.02. The molecule has 0 fully saturated rings. The number of aromatic nitrogens is 3. The molecule has 0 aliphatic heterocycles. The van der Waals surface area contributed by atoms with E-state index in [1.54, 1.807) is 28.8 Å². The molecular weight excluding hydrogens is 299 g/mol. The van der Waals surface area contributed by atoms with Crippen LogP contribution >= 0.6 is 15.9 Å². The van der Waals surface area contributed by atoms with Crippen LogP contribution in [0.2, 0.25) is 0 Å². The highest BCUT2D eigenvalue weighted by Gasteiger charge is 2.10. The molecule has 0 amide bonds. The molecule has 18 heavy (non-hydrogen) atoms. The molecular formula is C12H8BrFN4. The van der Waals surface area contributed by atoms with Crippen LogP contribution < -0.4 is 5.73 Å². The average Bonchev–Trinajstić information content (AvgIpc) is 2.70. The zero-order chi connectivity index (χ0) is 12.7. The Hall–Kier alpha value is -1.95. The van der Waals surface area contributed by atoms with Crippen molar-refractivity contribution in [3.8, 4) is 11.4 Å². The SMILES string of the molecule is Nc1ccc2nnc(-c3cc(F)cc(Br)c3)n2c1. The van der Waals surface area contributed by atoms with Gasteiger partial charge in [0.15, 0.2) is 11.5 Å². The number of halogens is 2. The van der Waals surface area contributed by atoms with Crippen LogP contribution in [0.5, 0.6) is 0 Å². The maximum Gasteiger partial charge on any atom is 0.168 e. The Bertz CT molecular complexity index is 718. The van der Waals surface area contributed by atoms with Crippen LogP contribution in [0.1, 0.15) is 0 Å². The van der Waals surface area contributed by atoms with Crippen LogP contribution in [0.4, 0.5) is 10.1 Å². The standard InChI is InChI=1S/C12H8BrFN4/c13-8-3-7(4-9(14)5-8)12-17-16-11-2-1-10(15)6-18(11)12/h1-6H,15H2. The molecule has 2 aromatic heterocycles. The Morgan fingerprint density at radius 1 is 1.17 bits per heavy atom. The van der Waals surface area contributed by atoms with Crippen molar-refractivity contribution >= 4 is 27.3 Å². The first-order valence-corrected chi connectivity index (χ1v) is 5.99. The quantitative estimate of drug-likeness (QED) is 0.752. The van der Waals surface area contributed by atoms with E-state index in [4.69, 9.17) is 5.73 Å². The first-order valence-electron chi connectivity index (χ1n) is 5.20. The van der Waals surface area contributed by atoms with Gasteiger partial charge in [0.1, 0.15) is 5.82 Å². The van der Waals surface area contributed by atoms with Crippen molar-refractivity contribution in [2.24, 2.45) is 0 Å². The van der Waals surface area contributed by atoms with Gasteiger partial charge < -0.3 is 5.73 Å². The van der Waals surface area contributed by atoms with E-state index in [1.807, 2.05) is 0 Å². The number of rotatable bonds is 1. The molecule has 2 N–H and O–H groups in total. The first-order chi connectivity index (χ1) is 8.63. The lowest BCUT2D eigenvalue weighted by Crippen LogP contribution is -1.93. The summed E-state index contributed by atoms with van der Waals surface area (Å²) in [5.74, 6) is 0.220. The van der Waals surface area contributed by atoms with Gasteiger partial charge in [0.2, 0.25) is 0 Å². The fourth-order valence-electron chi connectivity index (χ4n) is 1.79. The maximum atomic E-state index is 13.4. The minimum atomic E-state index is -0.333. The van der Waals surface area contributed by atoms with Crippen molar-refractivity contribution in [3.05, 3.63) is 46.8 Å². The summed E-state index contributed by atoms with van der Waals surface area (Å²) in [5, 5.41) is 8.07. The highest BCUT2D eigenvalue weighted by molar-refractivity contribution is 9.10. The molecule has 0 aliphatic carbocycles. The molecule has 0 spiro atoms. The van der Waals surface area contributed by atoms with Crippen molar-refractivity contribution in [1.82, 2.24) is 14.6 Å². The molecule has 3 aromatic rings. The lowest BCUT2D eigenvalue weighted by atomic mass is 10.2. The number of pyridine rings is 1. The van der Waals surface area contributed by atoms with Gasteiger partial charge in [-0.15, -0.1) is 10.2 Å². The summed E-state index contributed by atoms with van der Waals surface area (Å²) in [6.07, 6.45) is 1.71. The van der Waals surface area contributed by atoms with E-state index in [1.165, 1.54) is 12.1 Å². The van der Waals surface area contributed by atoms with Gasteiger partial charge >= 0.3 is 0 Å². The molecule has 0 radical (unpaired) electrons. The van der Waals surface area contributed by atoms with Crippen molar-refractivity contribution < 1.29 is 4.39 Å². The zero-order valence-electron chi connectivity index (χ0n) is 9.14. The van der Waals surface area contributed by atoms with Crippen LogP contribution in [0.15, 0.2) is 41.0 Å². The number of nitrogens with two attached hydrogens (primary N) is 1. The summed E-state index contributed by atoms with van der Waals surface area (Å²) in [7, 11) is 0. The Morgan fingerprint density at radius 2 is 2.00 bits per heavy atom. The first kappa shape index (κ1) is 11.2. The molecule has 0 saturated carbocycles. The molecule has 0 saturated heterocycles. The Balaban J connectivity index is 2.27. The largest absolute Gasteiger partial charge is 0.398 e. The monoisotopic (exact) mass is 306 g/mol.